The quantitative estimate of drug-likeness (QED) is 0.590. The summed E-state index contributed by atoms with van der Waals surface area (Å²) in [5.74, 6) is 0.141. The number of hydrogen-bond donors (Lipinski definition) is 0. The van der Waals surface area contributed by atoms with Gasteiger partial charge in [0.25, 0.3) is 0 Å². The fourth-order valence-corrected chi connectivity index (χ4v) is 1.54. The molecule has 0 bridgehead atoms. The van der Waals surface area contributed by atoms with Crippen molar-refractivity contribution in [1.82, 2.24) is 0 Å². The second-order valence-electron chi connectivity index (χ2n) is 3.30. The molecule has 2 nitrogen and oxygen atoms in total. The molecule has 0 radical (unpaired) electrons. The minimum Gasteiger partial charge on any atom is -0.293 e. The van der Waals surface area contributed by atoms with E-state index in [0.717, 1.165) is 37.9 Å². The maximum atomic E-state index is 8.76. The summed E-state index contributed by atoms with van der Waals surface area (Å²) in [5.41, 5.74) is 1.16. The Morgan fingerprint density at radius 2 is 2.50 bits per heavy atom. The summed E-state index contributed by atoms with van der Waals surface area (Å²) in [4.78, 5) is 4.46. The van der Waals surface area contributed by atoms with Gasteiger partial charge in [0.05, 0.1) is 12.0 Å². The number of nitrogens with zero attached hydrogens (tertiary/aromatic N) is 2. The second-order valence-corrected chi connectivity index (χ2v) is 3.30. The highest BCUT2D eigenvalue weighted by Crippen LogP contribution is 2.21. The molecule has 0 aromatic carbocycles. The summed E-state index contributed by atoms with van der Waals surface area (Å²) in [6, 6.07) is 2.31. The van der Waals surface area contributed by atoms with Crippen LogP contribution in [0.1, 0.15) is 39.0 Å². The van der Waals surface area contributed by atoms with E-state index >= 15 is 0 Å². The predicted octanol–water partition coefficient (Wildman–Crippen LogP) is 2.55. The molecule has 0 aliphatic heterocycles. The van der Waals surface area contributed by atoms with Crippen LogP contribution in [0, 0.1) is 17.2 Å². The maximum absolute atomic E-state index is 8.76. The molecule has 0 saturated heterocycles. The fraction of sp³-hybridized carbons (Fsp3) is 0.800. The molecule has 0 amide bonds. The molecule has 0 aromatic rings. The predicted molar refractivity (Wildman–Crippen MR) is 50.2 cm³/mol. The van der Waals surface area contributed by atoms with Crippen molar-refractivity contribution in [1.29, 1.82) is 5.26 Å². The average molecular weight is 164 g/mol. The van der Waals surface area contributed by atoms with Crippen LogP contribution in [0.4, 0.5) is 0 Å². The number of rotatable bonds is 3. The van der Waals surface area contributed by atoms with Crippen molar-refractivity contribution in [3.05, 3.63) is 0 Å². The van der Waals surface area contributed by atoms with Crippen molar-refractivity contribution in [3.8, 4) is 6.07 Å². The van der Waals surface area contributed by atoms with Gasteiger partial charge in [0, 0.05) is 12.3 Å². The van der Waals surface area contributed by atoms with Gasteiger partial charge in [-0.2, -0.15) is 5.26 Å². The highest BCUT2D eigenvalue weighted by Gasteiger charge is 2.21. The number of unbranched alkanes of at least 4 members (excludes halogenated alkanes) is 1. The zero-order valence-corrected chi connectivity index (χ0v) is 7.71. The average Bonchev–Trinajstić information content (AvgIpc) is 2.52. The minimum absolute atomic E-state index is 0.141. The Bertz CT molecular complexity index is 200. The van der Waals surface area contributed by atoms with E-state index in [1.54, 1.807) is 0 Å². The molecule has 1 fully saturated rings. The van der Waals surface area contributed by atoms with E-state index in [1.165, 1.54) is 6.42 Å². The van der Waals surface area contributed by atoms with Gasteiger partial charge in [-0.15, -0.1) is 0 Å². The highest BCUT2D eigenvalue weighted by atomic mass is 14.7. The summed E-state index contributed by atoms with van der Waals surface area (Å²) in [6.07, 6.45) is 5.59. The van der Waals surface area contributed by atoms with Gasteiger partial charge in [0.1, 0.15) is 0 Å². The summed E-state index contributed by atoms with van der Waals surface area (Å²) < 4.78 is 0. The van der Waals surface area contributed by atoms with Crippen LogP contribution >= 0.6 is 0 Å². The lowest BCUT2D eigenvalue weighted by atomic mass is 10.1. The van der Waals surface area contributed by atoms with Crippen molar-refractivity contribution >= 4 is 5.71 Å². The smallest absolute Gasteiger partial charge is 0.0841 e. The largest absolute Gasteiger partial charge is 0.293 e. The normalized spacial score (nSPS) is 26.0. The van der Waals surface area contributed by atoms with Crippen molar-refractivity contribution in [3.63, 3.8) is 0 Å². The van der Waals surface area contributed by atoms with E-state index in [-0.39, 0.29) is 5.92 Å². The molecule has 1 rings (SSSR count). The summed E-state index contributed by atoms with van der Waals surface area (Å²) >= 11 is 0. The highest BCUT2D eigenvalue weighted by molar-refractivity contribution is 5.90. The van der Waals surface area contributed by atoms with E-state index < -0.39 is 0 Å². The third kappa shape index (κ3) is 2.34. The van der Waals surface area contributed by atoms with Crippen LogP contribution in [0.2, 0.25) is 0 Å². The SMILES string of the molecule is CCCC/N=C1\CCCC1C#N. The van der Waals surface area contributed by atoms with Gasteiger partial charge in [-0.25, -0.2) is 0 Å². The number of hydrogen-bond acceptors (Lipinski definition) is 2. The minimum atomic E-state index is 0.141. The van der Waals surface area contributed by atoms with E-state index in [0.29, 0.717) is 0 Å². The monoisotopic (exact) mass is 164 g/mol. The second kappa shape index (κ2) is 4.92. The number of aliphatic imine (C=N–C) groups is 1. The molecule has 66 valence electrons. The first-order valence-electron chi connectivity index (χ1n) is 4.81. The molecule has 1 atom stereocenters. The van der Waals surface area contributed by atoms with Gasteiger partial charge in [-0.1, -0.05) is 13.3 Å². The lowest BCUT2D eigenvalue weighted by Gasteiger charge is -1.99. The van der Waals surface area contributed by atoms with Crippen LogP contribution < -0.4 is 0 Å². The molecular formula is C10H16N2. The van der Waals surface area contributed by atoms with Crippen LogP contribution in [0.5, 0.6) is 0 Å². The van der Waals surface area contributed by atoms with Gasteiger partial charge in [-0.05, 0) is 25.7 Å². The van der Waals surface area contributed by atoms with Gasteiger partial charge >= 0.3 is 0 Å². The molecule has 1 aliphatic carbocycles. The molecule has 2 heteroatoms. The fourth-order valence-electron chi connectivity index (χ4n) is 1.54. The van der Waals surface area contributed by atoms with Crippen LogP contribution in [-0.4, -0.2) is 12.3 Å². The van der Waals surface area contributed by atoms with Gasteiger partial charge in [0.15, 0.2) is 0 Å². The van der Waals surface area contributed by atoms with Gasteiger partial charge in [0.2, 0.25) is 0 Å². The Morgan fingerprint density at radius 3 is 3.17 bits per heavy atom. The van der Waals surface area contributed by atoms with E-state index in [4.69, 9.17) is 5.26 Å². The van der Waals surface area contributed by atoms with Crippen molar-refractivity contribution in [2.45, 2.75) is 39.0 Å². The standard InChI is InChI=1S/C10H16N2/c1-2-3-7-12-10-6-4-5-9(10)8-11/h9H,2-7H2,1H3/b12-10+. The zero-order chi connectivity index (χ0) is 8.81. The van der Waals surface area contributed by atoms with Crippen LogP contribution in [0.25, 0.3) is 0 Å². The maximum Gasteiger partial charge on any atom is 0.0841 e. The van der Waals surface area contributed by atoms with Crippen LogP contribution in [0.3, 0.4) is 0 Å². The lowest BCUT2D eigenvalue weighted by Crippen LogP contribution is -2.04. The summed E-state index contributed by atoms with van der Waals surface area (Å²) in [7, 11) is 0. The first kappa shape index (κ1) is 9.25. The topological polar surface area (TPSA) is 36.1 Å². The Balaban J connectivity index is 2.39. The van der Waals surface area contributed by atoms with E-state index in [1.807, 2.05) is 0 Å². The Labute approximate surface area is 74.3 Å². The number of nitriles is 1. The van der Waals surface area contributed by atoms with Gasteiger partial charge in [-0.3, -0.25) is 4.99 Å². The van der Waals surface area contributed by atoms with Crippen molar-refractivity contribution in [2.75, 3.05) is 6.54 Å². The molecule has 0 aromatic heterocycles. The van der Waals surface area contributed by atoms with E-state index in [9.17, 15) is 0 Å². The molecule has 0 spiro atoms. The Morgan fingerprint density at radius 1 is 1.67 bits per heavy atom. The molecule has 1 saturated carbocycles. The molecule has 0 N–H and O–H groups in total. The van der Waals surface area contributed by atoms with Crippen molar-refractivity contribution in [2.24, 2.45) is 10.9 Å². The first-order valence-corrected chi connectivity index (χ1v) is 4.81. The Hall–Kier alpha value is -0.840. The summed E-state index contributed by atoms with van der Waals surface area (Å²) in [6.45, 7) is 3.08. The van der Waals surface area contributed by atoms with Crippen LogP contribution in [0.15, 0.2) is 4.99 Å². The molecule has 1 unspecified atom stereocenters. The molecule has 0 heterocycles. The molecular weight excluding hydrogens is 148 g/mol. The van der Waals surface area contributed by atoms with Crippen LogP contribution in [-0.2, 0) is 0 Å². The first-order chi connectivity index (χ1) is 5.88. The third-order valence-electron chi connectivity index (χ3n) is 2.31. The lowest BCUT2D eigenvalue weighted by molar-refractivity contribution is 0.785. The molecule has 12 heavy (non-hydrogen) atoms. The van der Waals surface area contributed by atoms with E-state index in [2.05, 4.69) is 18.0 Å². The van der Waals surface area contributed by atoms with Gasteiger partial charge < -0.3 is 0 Å². The van der Waals surface area contributed by atoms with Crippen molar-refractivity contribution < 1.29 is 0 Å². The third-order valence-corrected chi connectivity index (χ3v) is 2.31. The zero-order valence-electron chi connectivity index (χ0n) is 7.71. The Kier molecular flexibility index (Phi) is 3.79. The molecule has 1 aliphatic rings. The summed E-state index contributed by atoms with van der Waals surface area (Å²) in [5, 5.41) is 8.76.